The van der Waals surface area contributed by atoms with Crippen LogP contribution in [0.1, 0.15) is 39.5 Å². The fourth-order valence-electron chi connectivity index (χ4n) is 1.38. The lowest BCUT2D eigenvalue weighted by Gasteiger charge is -2.12. The summed E-state index contributed by atoms with van der Waals surface area (Å²) in [5, 5.41) is 0. The molecule has 0 amide bonds. The summed E-state index contributed by atoms with van der Waals surface area (Å²) in [5.74, 6) is 0.810. The monoisotopic (exact) mass is 167 g/mol. The van der Waals surface area contributed by atoms with E-state index in [9.17, 15) is 4.79 Å². The van der Waals surface area contributed by atoms with Gasteiger partial charge in [-0.05, 0) is 12.2 Å². The predicted molar refractivity (Wildman–Crippen MR) is 54.7 cm³/mol. The zero-order valence-corrected chi connectivity index (χ0v) is 8.38. The molecule has 2 heteroatoms. The highest BCUT2D eigenvalue weighted by Gasteiger charge is 2.05. The Labute approximate surface area is 77.2 Å². The van der Waals surface area contributed by atoms with Crippen molar-refractivity contribution in [2.75, 3.05) is 0 Å². The molecular formula is C10H20BO. The quantitative estimate of drug-likeness (QED) is 0.308. The van der Waals surface area contributed by atoms with Gasteiger partial charge >= 0.3 is 0 Å². The van der Waals surface area contributed by atoms with E-state index in [2.05, 4.69) is 21.1 Å². The second-order valence-electron chi connectivity index (χ2n) is 3.34. The lowest BCUT2D eigenvalue weighted by molar-refractivity contribution is -0.106. The molecule has 0 saturated carbocycles. The van der Waals surface area contributed by atoms with Gasteiger partial charge in [0.15, 0.2) is 0 Å². The topological polar surface area (TPSA) is 17.1 Å². The Hall–Kier alpha value is -0.265. The molecule has 0 aliphatic carbocycles. The SMILES string of the molecule is CCCCC(CC)C[B]CC=O. The third-order valence-corrected chi connectivity index (χ3v) is 2.31. The van der Waals surface area contributed by atoms with Gasteiger partial charge in [-0.15, -0.1) is 0 Å². The number of hydrogen-bond acceptors (Lipinski definition) is 1. The van der Waals surface area contributed by atoms with Gasteiger partial charge in [-0.1, -0.05) is 45.9 Å². The van der Waals surface area contributed by atoms with E-state index in [1.807, 2.05) is 0 Å². The van der Waals surface area contributed by atoms with E-state index in [0.29, 0.717) is 6.32 Å². The average molecular weight is 167 g/mol. The Morgan fingerprint density at radius 3 is 2.67 bits per heavy atom. The number of rotatable bonds is 8. The van der Waals surface area contributed by atoms with Crippen molar-refractivity contribution in [3.63, 3.8) is 0 Å². The Morgan fingerprint density at radius 2 is 2.17 bits per heavy atom. The molecule has 1 radical (unpaired) electrons. The molecule has 0 heterocycles. The molecule has 1 unspecified atom stereocenters. The van der Waals surface area contributed by atoms with Crippen LogP contribution in [0.25, 0.3) is 0 Å². The van der Waals surface area contributed by atoms with Gasteiger partial charge in [0, 0.05) is 0 Å². The Morgan fingerprint density at radius 1 is 1.42 bits per heavy atom. The van der Waals surface area contributed by atoms with Crippen LogP contribution in [0.4, 0.5) is 0 Å². The van der Waals surface area contributed by atoms with Gasteiger partial charge in [-0.2, -0.15) is 0 Å². The minimum absolute atomic E-state index is 0.628. The van der Waals surface area contributed by atoms with E-state index in [1.54, 1.807) is 0 Å². The summed E-state index contributed by atoms with van der Waals surface area (Å²) < 4.78 is 0. The highest BCUT2D eigenvalue weighted by molar-refractivity contribution is 6.39. The van der Waals surface area contributed by atoms with Crippen LogP contribution < -0.4 is 0 Å². The Bertz CT molecular complexity index is 104. The van der Waals surface area contributed by atoms with E-state index in [4.69, 9.17) is 0 Å². The highest BCUT2D eigenvalue weighted by atomic mass is 16.1. The minimum Gasteiger partial charge on any atom is -0.304 e. The first kappa shape index (κ1) is 11.7. The molecule has 0 aromatic carbocycles. The van der Waals surface area contributed by atoms with E-state index in [-0.39, 0.29) is 0 Å². The molecule has 0 fully saturated rings. The summed E-state index contributed by atoms with van der Waals surface area (Å²) in [6.07, 6.45) is 7.90. The van der Waals surface area contributed by atoms with Gasteiger partial charge in [-0.25, -0.2) is 0 Å². The van der Waals surface area contributed by atoms with Gasteiger partial charge in [0.25, 0.3) is 0 Å². The second kappa shape index (κ2) is 8.83. The van der Waals surface area contributed by atoms with E-state index < -0.39 is 0 Å². The number of carbonyl (C=O) groups is 1. The molecule has 0 bridgehead atoms. The third-order valence-electron chi connectivity index (χ3n) is 2.31. The number of unbranched alkanes of at least 4 members (excludes halogenated alkanes) is 1. The molecule has 1 nitrogen and oxygen atoms in total. The normalized spacial score (nSPS) is 12.5. The number of aldehydes is 1. The van der Waals surface area contributed by atoms with Gasteiger partial charge in [0.05, 0.1) is 0 Å². The zero-order valence-electron chi connectivity index (χ0n) is 8.38. The van der Waals surface area contributed by atoms with Crippen molar-refractivity contribution in [2.45, 2.75) is 52.2 Å². The number of carbonyl (C=O) groups excluding carboxylic acids is 1. The maximum atomic E-state index is 10.1. The third kappa shape index (κ3) is 6.45. The molecule has 0 N–H and O–H groups in total. The molecule has 0 rings (SSSR count). The molecule has 1 atom stereocenters. The lowest BCUT2D eigenvalue weighted by Crippen LogP contribution is -2.03. The van der Waals surface area contributed by atoms with E-state index in [1.165, 1.54) is 25.7 Å². The highest BCUT2D eigenvalue weighted by Crippen LogP contribution is 2.16. The van der Waals surface area contributed by atoms with Gasteiger partial charge < -0.3 is 4.79 Å². The molecule has 0 aromatic heterocycles. The first-order valence-electron chi connectivity index (χ1n) is 5.10. The van der Waals surface area contributed by atoms with Crippen LogP contribution >= 0.6 is 0 Å². The van der Waals surface area contributed by atoms with E-state index >= 15 is 0 Å². The summed E-state index contributed by atoms with van der Waals surface area (Å²) in [5.41, 5.74) is 0. The van der Waals surface area contributed by atoms with Crippen LogP contribution in [-0.2, 0) is 4.79 Å². The van der Waals surface area contributed by atoms with E-state index in [0.717, 1.165) is 18.5 Å². The standard InChI is InChI=1S/C10H20BO/c1-3-5-6-10(4-2)9-11-7-8-12/h8,10H,3-7,9H2,1-2H3. The Balaban J connectivity index is 3.32. The molecule has 0 aliphatic rings. The van der Waals surface area contributed by atoms with Crippen molar-refractivity contribution in [1.29, 1.82) is 0 Å². The lowest BCUT2D eigenvalue weighted by atomic mass is 9.66. The van der Waals surface area contributed by atoms with Gasteiger partial charge in [-0.3, -0.25) is 0 Å². The van der Waals surface area contributed by atoms with Crippen LogP contribution in [0.2, 0.25) is 12.6 Å². The fraction of sp³-hybridized carbons (Fsp3) is 0.900. The first-order chi connectivity index (χ1) is 5.85. The van der Waals surface area contributed by atoms with Gasteiger partial charge in [0.1, 0.15) is 13.6 Å². The van der Waals surface area contributed by atoms with Crippen molar-refractivity contribution in [3.05, 3.63) is 0 Å². The Kier molecular flexibility index (Phi) is 8.63. The molecule has 0 saturated heterocycles. The molecule has 0 spiro atoms. The maximum absolute atomic E-state index is 10.1. The first-order valence-corrected chi connectivity index (χ1v) is 5.10. The predicted octanol–water partition coefficient (Wildman–Crippen LogP) is 2.94. The second-order valence-corrected chi connectivity index (χ2v) is 3.34. The summed E-state index contributed by atoms with van der Waals surface area (Å²) in [7, 11) is 2.11. The minimum atomic E-state index is 0.628. The zero-order chi connectivity index (χ0) is 9.23. The summed E-state index contributed by atoms with van der Waals surface area (Å²) in [6.45, 7) is 4.46. The van der Waals surface area contributed by atoms with Crippen LogP contribution in [0.15, 0.2) is 0 Å². The van der Waals surface area contributed by atoms with Crippen molar-refractivity contribution in [3.8, 4) is 0 Å². The summed E-state index contributed by atoms with van der Waals surface area (Å²) >= 11 is 0. The molecule has 69 valence electrons. The van der Waals surface area contributed by atoms with Crippen LogP contribution in [0.5, 0.6) is 0 Å². The molecule has 0 aliphatic heterocycles. The van der Waals surface area contributed by atoms with Crippen molar-refractivity contribution in [2.24, 2.45) is 5.92 Å². The van der Waals surface area contributed by atoms with Crippen LogP contribution in [-0.4, -0.2) is 13.6 Å². The van der Waals surface area contributed by atoms with Crippen molar-refractivity contribution < 1.29 is 4.79 Å². The largest absolute Gasteiger partial charge is 0.304 e. The smallest absolute Gasteiger partial charge is 0.119 e. The fourth-order valence-corrected chi connectivity index (χ4v) is 1.38. The summed E-state index contributed by atoms with van der Waals surface area (Å²) in [6, 6.07) is 0. The molecule has 0 aromatic rings. The maximum Gasteiger partial charge on any atom is 0.119 e. The molecular weight excluding hydrogens is 147 g/mol. The van der Waals surface area contributed by atoms with Gasteiger partial charge in [0.2, 0.25) is 0 Å². The van der Waals surface area contributed by atoms with Crippen LogP contribution in [0.3, 0.4) is 0 Å². The van der Waals surface area contributed by atoms with Crippen LogP contribution in [0, 0.1) is 5.92 Å². The van der Waals surface area contributed by atoms with Crippen molar-refractivity contribution in [1.82, 2.24) is 0 Å². The van der Waals surface area contributed by atoms with Crippen molar-refractivity contribution >= 4 is 13.6 Å². The number of hydrogen-bond donors (Lipinski definition) is 0. The average Bonchev–Trinajstić information content (AvgIpc) is 2.11. The molecule has 12 heavy (non-hydrogen) atoms. The summed E-state index contributed by atoms with van der Waals surface area (Å²) in [4.78, 5) is 10.1.